The summed E-state index contributed by atoms with van der Waals surface area (Å²) in [6.45, 7) is 3.54. The number of aromatic amines is 1. The van der Waals surface area contributed by atoms with Crippen LogP contribution in [0.2, 0.25) is 5.02 Å². The number of para-hydroxylation sites is 2. The number of nitrogens with zero attached hydrogens (tertiary/aromatic N) is 4. The molecule has 1 N–H and O–H groups in total. The fraction of sp³-hybridized carbons (Fsp3) is 0.200. The van der Waals surface area contributed by atoms with Gasteiger partial charge in [0, 0.05) is 45.2 Å². The third kappa shape index (κ3) is 9.03. The minimum atomic E-state index is 0. The summed E-state index contributed by atoms with van der Waals surface area (Å²) >= 11 is 8.48. The Labute approximate surface area is 264 Å². The highest BCUT2D eigenvalue weighted by Gasteiger charge is 2.15. The maximum absolute atomic E-state index is 6.86. The van der Waals surface area contributed by atoms with Crippen LogP contribution in [0.4, 0.5) is 5.69 Å². The predicted molar refractivity (Wildman–Crippen MR) is 177 cm³/mol. The van der Waals surface area contributed by atoms with Gasteiger partial charge in [0.2, 0.25) is 0 Å². The van der Waals surface area contributed by atoms with Gasteiger partial charge in [-0.3, -0.25) is 9.88 Å². The van der Waals surface area contributed by atoms with Crippen LogP contribution in [0.25, 0.3) is 11.0 Å². The topological polar surface area (TPSA) is 48.1 Å². The van der Waals surface area contributed by atoms with E-state index in [9.17, 15) is 0 Å². The monoisotopic (exact) mass is 635 g/mol. The lowest BCUT2D eigenvalue weighted by molar-refractivity contribution is 0.263. The number of H-pyrrole nitrogens is 1. The molecule has 2 heterocycles. The fourth-order valence-electron chi connectivity index (χ4n) is 4.31. The minimum Gasteiger partial charge on any atom is -0.372 e. The molecule has 212 valence electrons. The van der Waals surface area contributed by atoms with E-state index in [4.69, 9.17) is 11.6 Å². The molecule has 3 aromatic carbocycles. The third-order valence-corrected chi connectivity index (χ3v) is 7.61. The first kappa shape index (κ1) is 33.8. The van der Waals surface area contributed by atoms with Crippen LogP contribution in [0.3, 0.4) is 0 Å². The van der Waals surface area contributed by atoms with E-state index in [1.807, 2.05) is 36.5 Å². The molecule has 0 aliphatic rings. The van der Waals surface area contributed by atoms with Gasteiger partial charge in [-0.1, -0.05) is 96.2 Å². The third-order valence-electron chi connectivity index (χ3n) is 6.32. The van der Waals surface area contributed by atoms with E-state index in [-0.39, 0.29) is 37.2 Å². The van der Waals surface area contributed by atoms with Crippen LogP contribution < -0.4 is 4.90 Å². The molecule has 0 spiro atoms. The number of likely N-dealkylation sites (N-methyl/N-ethyl adjacent to an activating group) is 1. The van der Waals surface area contributed by atoms with E-state index in [1.165, 1.54) is 11.1 Å². The van der Waals surface area contributed by atoms with Gasteiger partial charge >= 0.3 is 0 Å². The summed E-state index contributed by atoms with van der Waals surface area (Å²) in [5.74, 6) is 0.647. The second-order valence-electron chi connectivity index (χ2n) is 9.04. The number of halogens is 4. The molecule has 2 aromatic heterocycles. The molecule has 0 saturated carbocycles. The molecule has 5 aromatic rings. The van der Waals surface area contributed by atoms with Gasteiger partial charge in [-0.2, -0.15) is 0 Å². The highest BCUT2D eigenvalue weighted by atomic mass is 35.5. The number of hydrogen-bond donors (Lipinski definition) is 1. The van der Waals surface area contributed by atoms with Crippen LogP contribution in [0.5, 0.6) is 0 Å². The molecule has 0 saturated heterocycles. The van der Waals surface area contributed by atoms with Gasteiger partial charge in [0.15, 0.2) is 5.16 Å². The van der Waals surface area contributed by atoms with Crippen molar-refractivity contribution in [3.8, 4) is 0 Å². The molecule has 5 rings (SSSR count). The lowest BCUT2D eigenvalue weighted by atomic mass is 10.1. The van der Waals surface area contributed by atoms with E-state index in [0.717, 1.165) is 53.8 Å². The molecule has 0 atom stereocenters. The second kappa shape index (κ2) is 16.7. The summed E-state index contributed by atoms with van der Waals surface area (Å²) in [6, 6.07) is 31.3. The van der Waals surface area contributed by atoms with Crippen molar-refractivity contribution in [3.05, 3.63) is 119 Å². The molecular formula is C30H33Cl4N5S. The van der Waals surface area contributed by atoms with E-state index >= 15 is 0 Å². The summed E-state index contributed by atoms with van der Waals surface area (Å²) in [5, 5.41) is 1.57. The first-order chi connectivity index (χ1) is 18.2. The zero-order valence-corrected chi connectivity index (χ0v) is 26.1. The van der Waals surface area contributed by atoms with Crippen molar-refractivity contribution in [1.29, 1.82) is 0 Å². The summed E-state index contributed by atoms with van der Waals surface area (Å²) in [6.07, 6.45) is 1.85. The van der Waals surface area contributed by atoms with Gasteiger partial charge in [0.05, 0.1) is 27.4 Å². The quantitative estimate of drug-likeness (QED) is 0.148. The maximum Gasteiger partial charge on any atom is 0.166 e. The number of imidazole rings is 1. The Morgan fingerprint density at radius 1 is 0.775 bits per heavy atom. The molecule has 0 aliphatic heterocycles. The molecule has 0 aliphatic carbocycles. The number of rotatable bonds is 11. The summed E-state index contributed by atoms with van der Waals surface area (Å²) in [5.41, 5.74) is 6.49. The van der Waals surface area contributed by atoms with Crippen molar-refractivity contribution >= 4 is 77.3 Å². The molecule has 0 bridgehead atoms. The molecular weight excluding hydrogens is 604 g/mol. The number of benzene rings is 3. The average molecular weight is 638 g/mol. The van der Waals surface area contributed by atoms with E-state index in [1.54, 1.807) is 11.8 Å². The molecule has 0 fully saturated rings. The van der Waals surface area contributed by atoms with Gasteiger partial charge in [0.1, 0.15) is 0 Å². The summed E-state index contributed by atoms with van der Waals surface area (Å²) in [7, 11) is 2.10. The molecule has 40 heavy (non-hydrogen) atoms. The molecule has 10 heteroatoms. The van der Waals surface area contributed by atoms with Gasteiger partial charge in [-0.15, -0.1) is 37.2 Å². The lowest BCUT2D eigenvalue weighted by Gasteiger charge is -2.27. The van der Waals surface area contributed by atoms with Crippen molar-refractivity contribution < 1.29 is 0 Å². The van der Waals surface area contributed by atoms with Gasteiger partial charge in [0.25, 0.3) is 0 Å². The first-order valence-electron chi connectivity index (χ1n) is 12.4. The van der Waals surface area contributed by atoms with Crippen molar-refractivity contribution in [2.75, 3.05) is 25.0 Å². The zero-order chi connectivity index (χ0) is 25.5. The Bertz CT molecular complexity index is 1360. The molecule has 5 nitrogen and oxygen atoms in total. The summed E-state index contributed by atoms with van der Waals surface area (Å²) < 4.78 is 0. The number of thioether (sulfide) groups is 1. The zero-order valence-electron chi connectivity index (χ0n) is 22.1. The van der Waals surface area contributed by atoms with Crippen molar-refractivity contribution in [2.45, 2.75) is 24.0 Å². The van der Waals surface area contributed by atoms with E-state index in [2.05, 4.69) is 92.5 Å². The highest BCUT2D eigenvalue weighted by Crippen LogP contribution is 2.31. The maximum atomic E-state index is 6.86. The Morgan fingerprint density at radius 2 is 1.38 bits per heavy atom. The van der Waals surface area contributed by atoms with Crippen LogP contribution in [0, 0.1) is 0 Å². The van der Waals surface area contributed by atoms with Crippen LogP contribution in [-0.4, -0.2) is 40.0 Å². The normalized spacial score (nSPS) is 10.5. The Morgan fingerprint density at radius 3 is 2.00 bits per heavy atom. The standard InChI is InChI=1S/C30H30ClN5S.3ClH/c1-35(18-19-36(20-23-10-4-2-5-11-23)21-24-12-6-3-7-13-24)28-16-17-32-27(29(28)31)22-37-30-33-25-14-8-9-15-26(25)34-30;;;/h2-17H,18-22H2,1H3,(H,33,34);3*1H. The van der Waals surface area contributed by atoms with E-state index < -0.39 is 0 Å². The number of hydrogen-bond acceptors (Lipinski definition) is 5. The number of anilines is 1. The molecule has 0 amide bonds. The minimum absolute atomic E-state index is 0. The number of pyridine rings is 1. The Balaban J connectivity index is 0.00000187. The Hall–Kier alpha value is -2.45. The SMILES string of the molecule is CN(CCN(Cc1ccccc1)Cc1ccccc1)c1ccnc(CSc2nc3ccccc3[nH]2)c1Cl.Cl.Cl.Cl. The molecule has 0 unspecified atom stereocenters. The van der Waals surface area contributed by atoms with Crippen molar-refractivity contribution in [2.24, 2.45) is 0 Å². The second-order valence-corrected chi connectivity index (χ2v) is 10.4. The smallest absolute Gasteiger partial charge is 0.166 e. The number of nitrogens with one attached hydrogen (secondary N) is 1. The summed E-state index contributed by atoms with van der Waals surface area (Å²) in [4.78, 5) is 17.3. The van der Waals surface area contributed by atoms with Crippen LogP contribution >= 0.6 is 60.6 Å². The van der Waals surface area contributed by atoms with Crippen LogP contribution in [0.1, 0.15) is 16.8 Å². The highest BCUT2D eigenvalue weighted by molar-refractivity contribution is 7.98. The van der Waals surface area contributed by atoms with Crippen LogP contribution in [-0.2, 0) is 18.8 Å². The van der Waals surface area contributed by atoms with Crippen molar-refractivity contribution in [1.82, 2.24) is 19.9 Å². The van der Waals surface area contributed by atoms with Crippen LogP contribution in [0.15, 0.2) is 102 Å². The predicted octanol–water partition coefficient (Wildman–Crippen LogP) is 8.31. The number of aromatic nitrogens is 3. The fourth-order valence-corrected chi connectivity index (χ4v) is 5.55. The lowest BCUT2D eigenvalue weighted by Crippen LogP contribution is -2.33. The Kier molecular flexibility index (Phi) is 14.1. The van der Waals surface area contributed by atoms with Gasteiger partial charge in [-0.05, 0) is 29.3 Å². The van der Waals surface area contributed by atoms with Gasteiger partial charge in [-0.25, -0.2) is 4.98 Å². The largest absolute Gasteiger partial charge is 0.372 e. The average Bonchev–Trinajstić information content (AvgIpc) is 3.35. The number of fused-ring (bicyclic) bond motifs is 1. The van der Waals surface area contributed by atoms with E-state index in [0.29, 0.717) is 10.8 Å². The van der Waals surface area contributed by atoms with Gasteiger partial charge < -0.3 is 9.88 Å². The van der Waals surface area contributed by atoms with Crippen molar-refractivity contribution in [3.63, 3.8) is 0 Å². The first-order valence-corrected chi connectivity index (χ1v) is 13.7. The molecule has 0 radical (unpaired) electrons.